The number of nitrogens with one attached hydrogen (secondary N) is 1. The lowest BCUT2D eigenvalue weighted by Crippen LogP contribution is -2.42. The van der Waals surface area contributed by atoms with Crippen LogP contribution >= 0.6 is 0 Å². The summed E-state index contributed by atoms with van der Waals surface area (Å²) >= 11 is 0. The fourth-order valence-electron chi connectivity index (χ4n) is 1.01. The van der Waals surface area contributed by atoms with E-state index in [4.69, 9.17) is 4.74 Å². The average Bonchev–Trinajstić information content (AvgIpc) is 2.16. The Balaban J connectivity index is 4.01. The van der Waals surface area contributed by atoms with E-state index in [0.29, 0.717) is 6.42 Å². The normalized spacial score (nSPS) is 14.7. The van der Waals surface area contributed by atoms with Gasteiger partial charge in [-0.2, -0.15) is 12.7 Å². The minimum absolute atomic E-state index is 0.0959. The predicted molar refractivity (Wildman–Crippen MR) is 62.3 cm³/mol. The first-order valence-electron chi connectivity index (χ1n) is 5.21. The third-order valence-electron chi connectivity index (χ3n) is 2.23. The fourth-order valence-corrected chi connectivity index (χ4v) is 2.14. The van der Waals surface area contributed by atoms with Crippen LogP contribution in [0.5, 0.6) is 0 Å². The zero-order chi connectivity index (χ0) is 12.8. The molecule has 0 aromatic rings. The maximum Gasteiger partial charge on any atom is 0.279 e. The lowest BCUT2D eigenvalue weighted by Gasteiger charge is -2.21. The van der Waals surface area contributed by atoms with Gasteiger partial charge in [0.2, 0.25) is 0 Å². The summed E-state index contributed by atoms with van der Waals surface area (Å²) in [6.45, 7) is 3.99. The van der Waals surface area contributed by atoms with Gasteiger partial charge < -0.3 is 9.84 Å². The fraction of sp³-hybridized carbons (Fsp3) is 1.00. The first-order chi connectivity index (χ1) is 7.31. The summed E-state index contributed by atoms with van der Waals surface area (Å²) < 4.78 is 31.6. The lowest BCUT2D eigenvalue weighted by atomic mass is 10.3. The monoisotopic (exact) mass is 254 g/mol. The first-order valence-corrected chi connectivity index (χ1v) is 6.65. The third kappa shape index (κ3) is 5.76. The molecular weight excluding hydrogens is 232 g/mol. The van der Waals surface area contributed by atoms with E-state index < -0.39 is 16.3 Å². The number of rotatable bonds is 8. The molecule has 16 heavy (non-hydrogen) atoms. The van der Waals surface area contributed by atoms with Gasteiger partial charge in [0.05, 0.1) is 12.7 Å². The van der Waals surface area contributed by atoms with Crippen molar-refractivity contribution in [1.29, 1.82) is 0 Å². The quantitative estimate of drug-likeness (QED) is 0.615. The van der Waals surface area contributed by atoms with Crippen LogP contribution in [0.15, 0.2) is 0 Å². The van der Waals surface area contributed by atoms with Gasteiger partial charge in [-0.15, -0.1) is 0 Å². The molecular formula is C9H22N2O4S. The van der Waals surface area contributed by atoms with Crippen LogP contribution in [-0.4, -0.2) is 57.3 Å². The van der Waals surface area contributed by atoms with Crippen molar-refractivity contribution in [2.75, 3.05) is 27.3 Å². The van der Waals surface area contributed by atoms with Crippen LogP contribution in [0.2, 0.25) is 0 Å². The zero-order valence-corrected chi connectivity index (χ0v) is 11.1. The number of ether oxygens (including phenoxy) is 1. The number of hydrogen-bond acceptors (Lipinski definition) is 4. The van der Waals surface area contributed by atoms with E-state index in [2.05, 4.69) is 4.72 Å². The maximum absolute atomic E-state index is 11.6. The number of aliphatic hydroxyl groups is 1. The molecule has 2 N–H and O–H groups in total. The topological polar surface area (TPSA) is 78.9 Å². The highest BCUT2D eigenvalue weighted by Gasteiger charge is 2.19. The molecule has 6 nitrogen and oxygen atoms in total. The van der Waals surface area contributed by atoms with E-state index in [9.17, 15) is 13.5 Å². The van der Waals surface area contributed by atoms with Crippen LogP contribution in [0.3, 0.4) is 0 Å². The summed E-state index contributed by atoms with van der Waals surface area (Å²) in [5.74, 6) is 0. The van der Waals surface area contributed by atoms with E-state index >= 15 is 0 Å². The van der Waals surface area contributed by atoms with E-state index in [1.54, 1.807) is 13.8 Å². The molecule has 0 fully saturated rings. The van der Waals surface area contributed by atoms with Gasteiger partial charge in [0, 0.05) is 26.7 Å². The second-order valence-electron chi connectivity index (χ2n) is 3.91. The largest absolute Gasteiger partial charge is 0.391 e. The summed E-state index contributed by atoms with van der Waals surface area (Å²) in [4.78, 5) is 0. The lowest BCUT2D eigenvalue weighted by molar-refractivity contribution is 0.0603. The Morgan fingerprint density at radius 1 is 1.44 bits per heavy atom. The van der Waals surface area contributed by atoms with Crippen LogP contribution in [-0.2, 0) is 14.9 Å². The van der Waals surface area contributed by atoms with Gasteiger partial charge in [-0.3, -0.25) is 0 Å². The molecule has 0 aliphatic heterocycles. The standard InChI is InChI=1S/C9H22N2O4S/c1-8(2)11(3)16(13,14)10-6-5-9(12)7-15-4/h8-10,12H,5-7H2,1-4H3. The first kappa shape index (κ1) is 15.8. The summed E-state index contributed by atoms with van der Waals surface area (Å²) in [7, 11) is -0.440. The van der Waals surface area contributed by atoms with Crippen LogP contribution in [0.25, 0.3) is 0 Å². The van der Waals surface area contributed by atoms with E-state index in [-0.39, 0.29) is 19.2 Å². The second-order valence-corrected chi connectivity index (χ2v) is 5.72. The number of hydrogen-bond donors (Lipinski definition) is 2. The average molecular weight is 254 g/mol. The van der Waals surface area contributed by atoms with Gasteiger partial charge in [-0.05, 0) is 20.3 Å². The van der Waals surface area contributed by atoms with Crippen molar-refractivity contribution in [3.8, 4) is 0 Å². The van der Waals surface area contributed by atoms with Crippen molar-refractivity contribution in [3.63, 3.8) is 0 Å². The van der Waals surface area contributed by atoms with Crippen molar-refractivity contribution in [3.05, 3.63) is 0 Å². The molecule has 0 bridgehead atoms. The van der Waals surface area contributed by atoms with Crippen molar-refractivity contribution in [2.24, 2.45) is 0 Å². The molecule has 0 spiro atoms. The highest BCUT2D eigenvalue weighted by Crippen LogP contribution is 2.01. The molecule has 98 valence electrons. The molecule has 1 unspecified atom stereocenters. The minimum atomic E-state index is -3.44. The smallest absolute Gasteiger partial charge is 0.279 e. The van der Waals surface area contributed by atoms with E-state index in [1.165, 1.54) is 18.5 Å². The number of aliphatic hydroxyl groups excluding tert-OH is 1. The molecule has 0 saturated heterocycles. The van der Waals surface area contributed by atoms with Gasteiger partial charge in [0.1, 0.15) is 0 Å². The van der Waals surface area contributed by atoms with Crippen molar-refractivity contribution in [1.82, 2.24) is 9.03 Å². The van der Waals surface area contributed by atoms with Crippen LogP contribution < -0.4 is 4.72 Å². The molecule has 7 heteroatoms. The van der Waals surface area contributed by atoms with Gasteiger partial charge >= 0.3 is 0 Å². The predicted octanol–water partition coefficient (Wildman–Crippen LogP) is -0.442. The van der Waals surface area contributed by atoms with E-state index in [1.807, 2.05) is 0 Å². The highest BCUT2D eigenvalue weighted by atomic mass is 32.2. The summed E-state index contributed by atoms with van der Waals surface area (Å²) in [6.07, 6.45) is -0.309. The molecule has 0 radical (unpaired) electrons. The Morgan fingerprint density at radius 2 is 2.00 bits per heavy atom. The Hall–Kier alpha value is -0.210. The highest BCUT2D eigenvalue weighted by molar-refractivity contribution is 7.87. The Labute approximate surface area is 97.8 Å². The van der Waals surface area contributed by atoms with Crippen LogP contribution in [0, 0.1) is 0 Å². The van der Waals surface area contributed by atoms with Gasteiger partial charge in [0.15, 0.2) is 0 Å². The zero-order valence-electron chi connectivity index (χ0n) is 10.3. The van der Waals surface area contributed by atoms with Crippen molar-refractivity contribution >= 4 is 10.2 Å². The molecule has 0 saturated carbocycles. The Bertz CT molecular complexity index is 279. The SMILES string of the molecule is COCC(O)CCNS(=O)(=O)N(C)C(C)C. The number of methoxy groups -OCH3 is 1. The molecule has 0 aliphatic carbocycles. The molecule has 0 aliphatic rings. The maximum atomic E-state index is 11.6. The Kier molecular flexibility index (Phi) is 7.09. The van der Waals surface area contributed by atoms with E-state index in [0.717, 1.165) is 0 Å². The van der Waals surface area contributed by atoms with Crippen molar-refractivity contribution in [2.45, 2.75) is 32.4 Å². The molecule has 0 amide bonds. The molecule has 0 aromatic carbocycles. The second kappa shape index (κ2) is 7.18. The summed E-state index contributed by atoms with van der Waals surface area (Å²) in [5.41, 5.74) is 0. The molecule has 1 atom stereocenters. The van der Waals surface area contributed by atoms with Crippen LogP contribution in [0.4, 0.5) is 0 Å². The Morgan fingerprint density at radius 3 is 2.44 bits per heavy atom. The van der Waals surface area contributed by atoms with Crippen LogP contribution in [0.1, 0.15) is 20.3 Å². The molecule has 0 rings (SSSR count). The molecule has 0 heterocycles. The van der Waals surface area contributed by atoms with Gasteiger partial charge in [-0.25, -0.2) is 4.72 Å². The van der Waals surface area contributed by atoms with Crippen molar-refractivity contribution < 1.29 is 18.3 Å². The van der Waals surface area contributed by atoms with Gasteiger partial charge in [-0.1, -0.05) is 0 Å². The minimum Gasteiger partial charge on any atom is -0.391 e. The van der Waals surface area contributed by atoms with Gasteiger partial charge in [0.25, 0.3) is 10.2 Å². The summed E-state index contributed by atoms with van der Waals surface area (Å²) in [6, 6.07) is -0.0959. The molecule has 0 aromatic heterocycles. The third-order valence-corrected chi connectivity index (χ3v) is 3.98. The number of nitrogens with zero attached hydrogens (tertiary/aromatic N) is 1. The summed E-state index contributed by atoms with van der Waals surface area (Å²) in [5, 5.41) is 9.32.